The first kappa shape index (κ1) is 24.7. The van der Waals surface area contributed by atoms with Crippen LogP contribution in [-0.4, -0.2) is 34.1 Å². The molecule has 1 unspecified atom stereocenters. The number of rotatable bonds is 7. The van der Waals surface area contributed by atoms with Gasteiger partial charge in [0.05, 0.1) is 18.7 Å². The Morgan fingerprint density at radius 2 is 1.73 bits per heavy atom. The van der Waals surface area contributed by atoms with E-state index in [1.54, 1.807) is 66.7 Å². The van der Waals surface area contributed by atoms with E-state index in [4.69, 9.17) is 4.74 Å². The second-order valence-corrected chi connectivity index (χ2v) is 10.2. The Hall–Kier alpha value is -4.02. The van der Waals surface area contributed by atoms with Crippen molar-refractivity contribution in [3.05, 3.63) is 107 Å². The summed E-state index contributed by atoms with van der Waals surface area (Å²) in [5.74, 6) is -1.32. The molecule has 0 bridgehead atoms. The summed E-state index contributed by atoms with van der Waals surface area (Å²) in [7, 11) is 1.53. The molecule has 1 saturated heterocycles. The highest BCUT2D eigenvalue weighted by atomic mass is 32.2. The number of carbonyl (C=O) groups is 2. The number of amides is 1. The van der Waals surface area contributed by atoms with Gasteiger partial charge in [-0.2, -0.15) is 0 Å². The van der Waals surface area contributed by atoms with Gasteiger partial charge >= 0.3 is 5.91 Å². The van der Waals surface area contributed by atoms with Gasteiger partial charge in [-0.05, 0) is 41.5 Å². The Labute approximate surface area is 220 Å². The molecule has 1 fully saturated rings. The normalized spacial score (nSPS) is 16.8. The van der Waals surface area contributed by atoms with Crippen LogP contribution < -0.4 is 9.64 Å². The molecule has 1 N–H and O–H groups in total. The minimum atomic E-state index is -0.902. The van der Waals surface area contributed by atoms with E-state index in [-0.39, 0.29) is 22.3 Å². The van der Waals surface area contributed by atoms with Crippen LogP contribution >= 0.6 is 23.1 Å². The maximum Gasteiger partial charge on any atom is 0.301 e. The maximum absolute atomic E-state index is 14.0. The average molecular weight is 534 g/mol. The molecule has 5 rings (SSSR count). The van der Waals surface area contributed by atoms with E-state index < -0.39 is 17.7 Å². The molecule has 0 aliphatic carbocycles. The van der Waals surface area contributed by atoms with Gasteiger partial charge in [0.15, 0.2) is 4.34 Å². The van der Waals surface area contributed by atoms with Gasteiger partial charge in [-0.15, -0.1) is 10.2 Å². The zero-order valence-corrected chi connectivity index (χ0v) is 21.1. The number of aliphatic hydroxyl groups is 1. The Morgan fingerprint density at radius 1 is 1.03 bits per heavy atom. The standard InChI is InChI=1S/C27H20FN3O4S2/c1-35-19-13-11-17(12-14-19)23(32)21-22(16-7-3-2-4-8-16)31(25(34)24(21)33)26-29-30-27(37-26)36-15-18-9-5-6-10-20(18)28/h2-14,22,32H,15H2,1H3/b23-21-. The van der Waals surface area contributed by atoms with Gasteiger partial charge in [0.1, 0.15) is 17.3 Å². The van der Waals surface area contributed by atoms with Gasteiger partial charge in [0.2, 0.25) is 5.13 Å². The summed E-state index contributed by atoms with van der Waals surface area (Å²) < 4.78 is 19.7. The van der Waals surface area contributed by atoms with Gasteiger partial charge in [-0.25, -0.2) is 4.39 Å². The number of methoxy groups -OCH3 is 1. The second-order valence-electron chi connectivity index (χ2n) is 8.04. The monoisotopic (exact) mass is 533 g/mol. The van der Waals surface area contributed by atoms with Gasteiger partial charge in [0, 0.05) is 11.3 Å². The molecule has 3 aromatic carbocycles. The number of Topliss-reactive ketones (excluding diaryl/α,β-unsaturated/α-hetero) is 1. The smallest absolute Gasteiger partial charge is 0.301 e. The molecule has 7 nitrogen and oxygen atoms in total. The fourth-order valence-electron chi connectivity index (χ4n) is 4.00. The lowest BCUT2D eigenvalue weighted by atomic mass is 9.95. The highest BCUT2D eigenvalue weighted by Gasteiger charge is 2.48. The molecule has 1 aliphatic rings. The van der Waals surface area contributed by atoms with E-state index in [1.807, 2.05) is 6.07 Å². The number of halogens is 1. The number of aliphatic hydroxyl groups excluding tert-OH is 1. The predicted octanol–water partition coefficient (Wildman–Crippen LogP) is 5.60. The summed E-state index contributed by atoms with van der Waals surface area (Å²) in [6.07, 6.45) is 0. The molecular weight excluding hydrogens is 513 g/mol. The van der Waals surface area contributed by atoms with Crippen LogP contribution in [-0.2, 0) is 15.3 Å². The molecule has 0 radical (unpaired) electrons. The zero-order valence-electron chi connectivity index (χ0n) is 19.5. The SMILES string of the molecule is COc1ccc(/C(O)=C2/C(=O)C(=O)N(c3nnc(SCc4ccccc4F)s3)C2c2ccccc2)cc1. The van der Waals surface area contributed by atoms with E-state index in [1.165, 1.54) is 29.8 Å². The molecule has 37 heavy (non-hydrogen) atoms. The van der Waals surface area contributed by atoms with Gasteiger partial charge in [-0.3, -0.25) is 14.5 Å². The van der Waals surface area contributed by atoms with Crippen molar-refractivity contribution < 1.29 is 23.8 Å². The predicted molar refractivity (Wildman–Crippen MR) is 140 cm³/mol. The van der Waals surface area contributed by atoms with Crippen molar-refractivity contribution in [2.24, 2.45) is 0 Å². The van der Waals surface area contributed by atoms with Crippen LogP contribution in [0.2, 0.25) is 0 Å². The van der Waals surface area contributed by atoms with Crippen molar-refractivity contribution in [3.8, 4) is 5.75 Å². The zero-order chi connectivity index (χ0) is 25.9. The lowest BCUT2D eigenvalue weighted by Gasteiger charge is -2.22. The second kappa shape index (κ2) is 10.5. The highest BCUT2D eigenvalue weighted by molar-refractivity contribution is 8.00. The van der Waals surface area contributed by atoms with E-state index in [2.05, 4.69) is 10.2 Å². The van der Waals surface area contributed by atoms with Crippen LogP contribution in [0.1, 0.15) is 22.7 Å². The number of anilines is 1. The summed E-state index contributed by atoms with van der Waals surface area (Å²) in [6, 6.07) is 21.1. The van der Waals surface area contributed by atoms with Crippen molar-refractivity contribution in [1.82, 2.24) is 10.2 Å². The van der Waals surface area contributed by atoms with Gasteiger partial charge in [0.25, 0.3) is 5.78 Å². The number of benzene rings is 3. The molecule has 1 aromatic heterocycles. The minimum Gasteiger partial charge on any atom is -0.507 e. The number of ether oxygens (including phenoxy) is 1. The van der Waals surface area contributed by atoms with Gasteiger partial charge in [-0.1, -0.05) is 71.6 Å². The van der Waals surface area contributed by atoms with Crippen LogP contribution in [0.4, 0.5) is 9.52 Å². The number of aromatic nitrogens is 2. The van der Waals surface area contributed by atoms with E-state index in [0.29, 0.717) is 32.5 Å². The van der Waals surface area contributed by atoms with Crippen LogP contribution in [0, 0.1) is 5.82 Å². The van der Waals surface area contributed by atoms with Crippen LogP contribution in [0.5, 0.6) is 5.75 Å². The van der Waals surface area contributed by atoms with Gasteiger partial charge < -0.3 is 9.84 Å². The third-order valence-corrected chi connectivity index (χ3v) is 7.94. The first-order chi connectivity index (χ1) is 18.0. The van der Waals surface area contributed by atoms with Crippen molar-refractivity contribution in [3.63, 3.8) is 0 Å². The summed E-state index contributed by atoms with van der Waals surface area (Å²) in [6.45, 7) is 0. The fourth-order valence-corrected chi connectivity index (χ4v) is 5.85. The number of hydrogen-bond donors (Lipinski definition) is 1. The molecule has 10 heteroatoms. The molecule has 1 amide bonds. The third-order valence-electron chi connectivity index (χ3n) is 5.83. The molecule has 1 aliphatic heterocycles. The number of thioether (sulfide) groups is 1. The van der Waals surface area contributed by atoms with Crippen molar-refractivity contribution in [2.75, 3.05) is 12.0 Å². The fraction of sp³-hybridized carbons (Fsp3) is 0.111. The van der Waals surface area contributed by atoms with Crippen molar-refractivity contribution >= 4 is 45.7 Å². The molecular formula is C27H20FN3O4S2. The summed E-state index contributed by atoms with van der Waals surface area (Å²) in [5.41, 5.74) is 1.48. The first-order valence-electron chi connectivity index (χ1n) is 11.2. The van der Waals surface area contributed by atoms with E-state index >= 15 is 0 Å². The van der Waals surface area contributed by atoms with Crippen molar-refractivity contribution in [1.29, 1.82) is 0 Å². The third kappa shape index (κ3) is 4.85. The largest absolute Gasteiger partial charge is 0.507 e. The number of hydrogen-bond acceptors (Lipinski definition) is 8. The Kier molecular flexibility index (Phi) is 7.02. The summed E-state index contributed by atoms with van der Waals surface area (Å²) in [5, 5.41) is 19.7. The number of nitrogens with zero attached hydrogens (tertiary/aromatic N) is 3. The van der Waals surface area contributed by atoms with E-state index in [0.717, 1.165) is 11.3 Å². The van der Waals surface area contributed by atoms with E-state index in [9.17, 15) is 19.1 Å². The molecule has 1 atom stereocenters. The van der Waals surface area contributed by atoms with Crippen LogP contribution in [0.3, 0.4) is 0 Å². The Bertz CT molecular complexity index is 1490. The van der Waals surface area contributed by atoms with Crippen LogP contribution in [0.25, 0.3) is 5.76 Å². The van der Waals surface area contributed by atoms with Crippen molar-refractivity contribution in [2.45, 2.75) is 16.1 Å². The van der Waals surface area contributed by atoms with Crippen LogP contribution in [0.15, 0.2) is 88.8 Å². The minimum absolute atomic E-state index is 0.0443. The maximum atomic E-state index is 14.0. The molecule has 186 valence electrons. The number of carbonyl (C=O) groups excluding carboxylic acids is 2. The quantitative estimate of drug-likeness (QED) is 0.109. The lowest BCUT2D eigenvalue weighted by molar-refractivity contribution is -0.132. The highest BCUT2D eigenvalue weighted by Crippen LogP contribution is 2.44. The first-order valence-corrected chi connectivity index (χ1v) is 13.0. The molecule has 2 heterocycles. The Balaban J connectivity index is 1.52. The summed E-state index contributed by atoms with van der Waals surface area (Å²) >= 11 is 2.41. The average Bonchev–Trinajstić information content (AvgIpc) is 3.50. The molecule has 4 aromatic rings. The number of ketones is 1. The molecule has 0 spiro atoms. The lowest BCUT2D eigenvalue weighted by Crippen LogP contribution is -2.29. The molecule has 0 saturated carbocycles. The Morgan fingerprint density at radius 3 is 2.43 bits per heavy atom. The summed E-state index contributed by atoms with van der Waals surface area (Å²) in [4.78, 5) is 27.8. The topological polar surface area (TPSA) is 92.6 Å².